The molecule has 1 aromatic carbocycles. The maximum Gasteiger partial charge on any atom is 0.242 e. The SMILES string of the molecule is CC1CNc2ncc(S(=O)(=O)NC3CCC(C(=O)N[C@H](C)c4ccc(F)cc4)CC3)cc2N1. The van der Waals surface area contributed by atoms with Crippen LogP contribution in [-0.4, -0.2) is 37.9 Å². The third-order valence-electron chi connectivity index (χ3n) is 6.30. The molecule has 10 heteroatoms. The summed E-state index contributed by atoms with van der Waals surface area (Å²) in [6.45, 7) is 4.59. The third kappa shape index (κ3) is 5.62. The summed E-state index contributed by atoms with van der Waals surface area (Å²) in [4.78, 5) is 17.0. The van der Waals surface area contributed by atoms with Crippen LogP contribution in [0.2, 0.25) is 0 Å². The molecule has 2 aliphatic rings. The Hall–Kier alpha value is -2.72. The van der Waals surface area contributed by atoms with Crippen LogP contribution in [0.5, 0.6) is 0 Å². The highest BCUT2D eigenvalue weighted by Gasteiger charge is 2.30. The highest BCUT2D eigenvalue weighted by atomic mass is 32.2. The standard InChI is InChI=1S/C23H30FN5O3S/c1-14-12-25-22-21(27-14)11-20(13-26-22)33(31,32)29-19-9-5-17(6-10-19)23(30)28-15(2)16-3-7-18(24)8-4-16/h3-4,7-8,11,13-15,17,19,27,29H,5-6,9-10,12H2,1-2H3,(H,25,26)(H,28,30)/t14?,15-,17?,19?/m1/s1. The van der Waals surface area contributed by atoms with Gasteiger partial charge in [0.2, 0.25) is 15.9 Å². The number of pyridine rings is 1. The number of hydrogen-bond donors (Lipinski definition) is 4. The first-order valence-electron chi connectivity index (χ1n) is 11.3. The predicted octanol–water partition coefficient (Wildman–Crippen LogP) is 3.16. The molecule has 4 rings (SSSR count). The molecule has 0 saturated heterocycles. The van der Waals surface area contributed by atoms with Crippen molar-refractivity contribution in [1.29, 1.82) is 0 Å². The van der Waals surface area contributed by atoms with Gasteiger partial charge in [0, 0.05) is 30.7 Å². The summed E-state index contributed by atoms with van der Waals surface area (Å²) in [6.07, 6.45) is 3.72. The van der Waals surface area contributed by atoms with Crippen molar-refractivity contribution in [1.82, 2.24) is 15.0 Å². The monoisotopic (exact) mass is 475 g/mol. The van der Waals surface area contributed by atoms with E-state index in [0.717, 1.165) is 12.1 Å². The first-order chi connectivity index (χ1) is 15.7. The number of fused-ring (bicyclic) bond motifs is 1. The summed E-state index contributed by atoms with van der Waals surface area (Å²) >= 11 is 0. The van der Waals surface area contributed by atoms with E-state index in [4.69, 9.17) is 0 Å². The van der Waals surface area contributed by atoms with E-state index in [-0.39, 0.29) is 40.7 Å². The van der Waals surface area contributed by atoms with Crippen LogP contribution < -0.4 is 20.7 Å². The molecular weight excluding hydrogens is 445 g/mol. The van der Waals surface area contributed by atoms with Gasteiger partial charge in [-0.25, -0.2) is 22.5 Å². The van der Waals surface area contributed by atoms with Crippen molar-refractivity contribution in [2.75, 3.05) is 17.2 Å². The highest BCUT2D eigenvalue weighted by Crippen LogP contribution is 2.29. The minimum atomic E-state index is -3.72. The lowest BCUT2D eigenvalue weighted by molar-refractivity contribution is -0.126. The van der Waals surface area contributed by atoms with Gasteiger partial charge in [0.15, 0.2) is 0 Å². The second-order valence-corrected chi connectivity index (χ2v) is 10.7. The molecule has 1 aliphatic carbocycles. The minimum Gasteiger partial charge on any atom is -0.378 e. The molecule has 4 N–H and O–H groups in total. The number of carbonyl (C=O) groups excluding carboxylic acids is 1. The van der Waals surface area contributed by atoms with Crippen molar-refractivity contribution in [2.45, 2.75) is 62.6 Å². The summed E-state index contributed by atoms with van der Waals surface area (Å²) in [7, 11) is -3.72. The molecule has 0 bridgehead atoms. The Kier molecular flexibility index (Phi) is 6.85. The van der Waals surface area contributed by atoms with Gasteiger partial charge in [-0.2, -0.15) is 0 Å². The van der Waals surface area contributed by atoms with E-state index in [2.05, 4.69) is 25.7 Å². The van der Waals surface area contributed by atoms with Crippen molar-refractivity contribution in [3.8, 4) is 0 Å². The Labute approximate surface area is 193 Å². The molecule has 2 aromatic rings. The van der Waals surface area contributed by atoms with Crippen molar-refractivity contribution in [3.63, 3.8) is 0 Å². The summed E-state index contributed by atoms with van der Waals surface area (Å²) in [5.41, 5.74) is 1.51. The van der Waals surface area contributed by atoms with Crippen molar-refractivity contribution in [3.05, 3.63) is 47.9 Å². The number of rotatable bonds is 6. The Balaban J connectivity index is 1.31. The number of halogens is 1. The smallest absolute Gasteiger partial charge is 0.242 e. The second kappa shape index (κ2) is 9.64. The van der Waals surface area contributed by atoms with Crippen LogP contribution in [0.3, 0.4) is 0 Å². The maximum absolute atomic E-state index is 13.1. The summed E-state index contributed by atoms with van der Waals surface area (Å²) in [5, 5.41) is 9.40. The van der Waals surface area contributed by atoms with Crippen LogP contribution in [0.15, 0.2) is 41.4 Å². The Morgan fingerprint density at radius 1 is 1.18 bits per heavy atom. The Morgan fingerprint density at radius 3 is 2.58 bits per heavy atom. The van der Waals surface area contributed by atoms with Crippen molar-refractivity contribution >= 4 is 27.4 Å². The van der Waals surface area contributed by atoms with E-state index in [0.29, 0.717) is 37.2 Å². The zero-order valence-electron chi connectivity index (χ0n) is 18.8. The lowest BCUT2D eigenvalue weighted by Gasteiger charge is -2.29. The van der Waals surface area contributed by atoms with E-state index in [9.17, 15) is 17.6 Å². The largest absolute Gasteiger partial charge is 0.378 e. The number of amides is 1. The fraction of sp³-hybridized carbons (Fsp3) is 0.478. The number of carbonyl (C=O) groups is 1. The molecule has 33 heavy (non-hydrogen) atoms. The van der Waals surface area contributed by atoms with Gasteiger partial charge < -0.3 is 16.0 Å². The van der Waals surface area contributed by atoms with E-state index in [1.807, 2.05) is 13.8 Å². The molecule has 1 saturated carbocycles. The van der Waals surface area contributed by atoms with Crippen LogP contribution in [0, 0.1) is 11.7 Å². The summed E-state index contributed by atoms with van der Waals surface area (Å²) < 4.78 is 41.7. The van der Waals surface area contributed by atoms with Gasteiger partial charge in [-0.1, -0.05) is 12.1 Å². The molecule has 1 aliphatic heterocycles. The first-order valence-corrected chi connectivity index (χ1v) is 12.8. The second-order valence-electron chi connectivity index (χ2n) is 8.95. The number of nitrogens with zero attached hydrogens (tertiary/aromatic N) is 1. The third-order valence-corrected chi connectivity index (χ3v) is 7.79. The van der Waals surface area contributed by atoms with Crippen LogP contribution in [0.1, 0.15) is 51.1 Å². The molecular formula is C23H30FN5O3S. The van der Waals surface area contributed by atoms with Gasteiger partial charge in [0.1, 0.15) is 16.5 Å². The number of anilines is 2. The molecule has 178 valence electrons. The Bertz CT molecular complexity index is 1100. The van der Waals surface area contributed by atoms with Gasteiger partial charge in [-0.05, 0) is 63.3 Å². The zero-order chi connectivity index (χ0) is 23.6. The number of benzene rings is 1. The van der Waals surface area contributed by atoms with Crippen molar-refractivity contribution < 1.29 is 17.6 Å². The fourth-order valence-corrected chi connectivity index (χ4v) is 5.61. The van der Waals surface area contributed by atoms with Gasteiger partial charge in [-0.15, -0.1) is 0 Å². The summed E-state index contributed by atoms with van der Waals surface area (Å²) in [5.74, 6) is 0.107. The number of nitrogens with one attached hydrogen (secondary N) is 4. The zero-order valence-corrected chi connectivity index (χ0v) is 19.6. The lowest BCUT2D eigenvalue weighted by Crippen LogP contribution is -2.41. The van der Waals surface area contributed by atoms with Crippen molar-refractivity contribution in [2.24, 2.45) is 5.92 Å². The van der Waals surface area contributed by atoms with Crippen LogP contribution >= 0.6 is 0 Å². The van der Waals surface area contributed by atoms with E-state index >= 15 is 0 Å². The molecule has 1 fully saturated rings. The number of sulfonamides is 1. The molecule has 8 nitrogen and oxygen atoms in total. The topological polar surface area (TPSA) is 112 Å². The van der Waals surface area contributed by atoms with Gasteiger partial charge in [0.25, 0.3) is 0 Å². The Morgan fingerprint density at radius 2 is 1.88 bits per heavy atom. The normalized spacial score (nSPS) is 23.5. The highest BCUT2D eigenvalue weighted by molar-refractivity contribution is 7.89. The average molecular weight is 476 g/mol. The maximum atomic E-state index is 13.1. The van der Waals surface area contributed by atoms with Gasteiger partial charge in [-0.3, -0.25) is 4.79 Å². The summed E-state index contributed by atoms with van der Waals surface area (Å²) in [6, 6.07) is 7.40. The molecule has 2 heterocycles. The average Bonchev–Trinajstić information content (AvgIpc) is 2.79. The van der Waals surface area contributed by atoms with E-state index in [1.54, 1.807) is 18.2 Å². The van der Waals surface area contributed by atoms with Gasteiger partial charge >= 0.3 is 0 Å². The quantitative estimate of drug-likeness (QED) is 0.511. The molecule has 2 atom stereocenters. The molecule has 1 amide bonds. The minimum absolute atomic E-state index is 0.0558. The molecule has 0 radical (unpaired) electrons. The molecule has 1 unspecified atom stereocenters. The lowest BCUT2D eigenvalue weighted by atomic mass is 9.85. The number of aromatic nitrogens is 1. The molecule has 0 spiro atoms. The van der Waals surface area contributed by atoms with Crippen LogP contribution in [-0.2, 0) is 14.8 Å². The predicted molar refractivity (Wildman–Crippen MR) is 125 cm³/mol. The van der Waals surface area contributed by atoms with Crippen LogP contribution in [0.25, 0.3) is 0 Å². The first kappa shape index (κ1) is 23.4. The number of hydrogen-bond acceptors (Lipinski definition) is 6. The molecule has 1 aromatic heterocycles. The van der Waals surface area contributed by atoms with E-state index in [1.165, 1.54) is 18.3 Å². The van der Waals surface area contributed by atoms with Crippen LogP contribution in [0.4, 0.5) is 15.9 Å². The fourth-order valence-electron chi connectivity index (χ4n) is 4.34. The van der Waals surface area contributed by atoms with Gasteiger partial charge in [0.05, 0.1) is 11.7 Å². The van der Waals surface area contributed by atoms with E-state index < -0.39 is 10.0 Å².